The van der Waals surface area contributed by atoms with E-state index in [4.69, 9.17) is 5.73 Å². The number of nitrogen functional groups attached to an aromatic ring is 1. The Kier molecular flexibility index (Phi) is 2.83. The van der Waals surface area contributed by atoms with Crippen LogP contribution in [-0.4, -0.2) is 14.8 Å². The molecule has 90 valence electrons. The lowest BCUT2D eigenvalue weighted by molar-refractivity contribution is 0.586. The Labute approximate surface area is 99.3 Å². The monoisotopic (exact) mass is 234 g/mol. The lowest BCUT2D eigenvalue weighted by Crippen LogP contribution is -2.06. The maximum atomic E-state index is 13.3. The van der Waals surface area contributed by atoms with Crippen molar-refractivity contribution in [3.63, 3.8) is 0 Å². The SMILES string of the molecule is Cc1nnc(-c2cc(F)ccc2N)n1C(C)C. The van der Waals surface area contributed by atoms with Gasteiger partial charge in [-0.2, -0.15) is 0 Å². The first-order chi connectivity index (χ1) is 8.00. The van der Waals surface area contributed by atoms with Gasteiger partial charge >= 0.3 is 0 Å². The first-order valence-electron chi connectivity index (χ1n) is 5.47. The van der Waals surface area contributed by atoms with E-state index in [1.165, 1.54) is 12.1 Å². The number of aryl methyl sites for hydroxylation is 1. The van der Waals surface area contributed by atoms with Crippen LogP contribution in [0.4, 0.5) is 10.1 Å². The highest BCUT2D eigenvalue weighted by Crippen LogP contribution is 2.27. The third-order valence-electron chi connectivity index (χ3n) is 2.64. The number of aromatic nitrogens is 3. The second-order valence-corrected chi connectivity index (χ2v) is 4.27. The molecule has 0 saturated heterocycles. The van der Waals surface area contributed by atoms with E-state index < -0.39 is 0 Å². The first-order valence-corrected chi connectivity index (χ1v) is 5.47. The molecule has 0 fully saturated rings. The van der Waals surface area contributed by atoms with Crippen LogP contribution in [0.25, 0.3) is 11.4 Å². The van der Waals surface area contributed by atoms with E-state index in [0.29, 0.717) is 17.1 Å². The van der Waals surface area contributed by atoms with Gasteiger partial charge in [-0.25, -0.2) is 4.39 Å². The Morgan fingerprint density at radius 1 is 1.29 bits per heavy atom. The van der Waals surface area contributed by atoms with Gasteiger partial charge in [0.05, 0.1) is 0 Å². The van der Waals surface area contributed by atoms with Crippen LogP contribution in [0, 0.1) is 12.7 Å². The molecule has 0 aliphatic rings. The number of anilines is 1. The van der Waals surface area contributed by atoms with Crippen molar-refractivity contribution in [3.8, 4) is 11.4 Å². The summed E-state index contributed by atoms with van der Waals surface area (Å²) in [5, 5.41) is 8.10. The van der Waals surface area contributed by atoms with Gasteiger partial charge in [0.2, 0.25) is 0 Å². The second-order valence-electron chi connectivity index (χ2n) is 4.27. The van der Waals surface area contributed by atoms with Crippen LogP contribution < -0.4 is 5.73 Å². The van der Waals surface area contributed by atoms with Gasteiger partial charge in [0.25, 0.3) is 0 Å². The van der Waals surface area contributed by atoms with Gasteiger partial charge in [-0.05, 0) is 39.0 Å². The van der Waals surface area contributed by atoms with Gasteiger partial charge in [-0.1, -0.05) is 0 Å². The summed E-state index contributed by atoms with van der Waals surface area (Å²) >= 11 is 0. The predicted molar refractivity (Wildman–Crippen MR) is 65.0 cm³/mol. The zero-order valence-corrected chi connectivity index (χ0v) is 10.1. The van der Waals surface area contributed by atoms with E-state index >= 15 is 0 Å². The maximum absolute atomic E-state index is 13.3. The summed E-state index contributed by atoms with van der Waals surface area (Å²) in [6, 6.07) is 4.46. The van der Waals surface area contributed by atoms with Crippen LogP contribution in [-0.2, 0) is 0 Å². The number of nitrogens with two attached hydrogens (primary N) is 1. The quantitative estimate of drug-likeness (QED) is 0.812. The first kappa shape index (κ1) is 11.6. The van der Waals surface area contributed by atoms with E-state index in [9.17, 15) is 4.39 Å². The average molecular weight is 234 g/mol. The maximum Gasteiger partial charge on any atom is 0.166 e. The molecule has 1 heterocycles. The Bertz CT molecular complexity index is 545. The van der Waals surface area contributed by atoms with E-state index in [1.54, 1.807) is 6.07 Å². The van der Waals surface area contributed by atoms with Crippen molar-refractivity contribution in [2.75, 3.05) is 5.73 Å². The van der Waals surface area contributed by atoms with Gasteiger partial charge in [0, 0.05) is 17.3 Å². The van der Waals surface area contributed by atoms with E-state index in [0.717, 1.165) is 5.82 Å². The summed E-state index contributed by atoms with van der Waals surface area (Å²) < 4.78 is 15.2. The number of halogens is 1. The highest BCUT2D eigenvalue weighted by Gasteiger charge is 2.16. The standard InChI is InChI=1S/C12H15FN4/c1-7(2)17-8(3)15-16-12(17)10-6-9(13)4-5-11(10)14/h4-7H,14H2,1-3H3. The molecule has 0 spiro atoms. The van der Waals surface area contributed by atoms with E-state index in [2.05, 4.69) is 10.2 Å². The number of hydrogen-bond donors (Lipinski definition) is 1. The zero-order chi connectivity index (χ0) is 12.6. The average Bonchev–Trinajstić information content (AvgIpc) is 2.64. The molecule has 0 aliphatic carbocycles. The summed E-state index contributed by atoms with van der Waals surface area (Å²) in [5.41, 5.74) is 6.94. The van der Waals surface area contributed by atoms with Crippen molar-refractivity contribution < 1.29 is 4.39 Å². The van der Waals surface area contributed by atoms with Crippen LogP contribution in [0.15, 0.2) is 18.2 Å². The zero-order valence-electron chi connectivity index (χ0n) is 10.1. The van der Waals surface area contributed by atoms with Crippen molar-refractivity contribution >= 4 is 5.69 Å². The molecule has 4 nitrogen and oxygen atoms in total. The number of nitrogens with zero attached hydrogens (tertiary/aromatic N) is 3. The fourth-order valence-corrected chi connectivity index (χ4v) is 1.89. The second kappa shape index (κ2) is 4.16. The molecule has 2 rings (SSSR count). The Morgan fingerprint density at radius 2 is 2.00 bits per heavy atom. The van der Waals surface area contributed by atoms with Crippen LogP contribution in [0.2, 0.25) is 0 Å². The summed E-state index contributed by atoms with van der Waals surface area (Å²) in [6.07, 6.45) is 0. The lowest BCUT2D eigenvalue weighted by Gasteiger charge is -2.13. The molecule has 1 aromatic heterocycles. The summed E-state index contributed by atoms with van der Waals surface area (Å²) in [6.45, 7) is 5.91. The van der Waals surface area contributed by atoms with Crippen LogP contribution in [0.5, 0.6) is 0 Å². The fourth-order valence-electron chi connectivity index (χ4n) is 1.89. The van der Waals surface area contributed by atoms with Gasteiger partial charge in [0.1, 0.15) is 11.6 Å². The molecule has 0 saturated carbocycles. The molecule has 0 bridgehead atoms. The van der Waals surface area contributed by atoms with Gasteiger partial charge in [0.15, 0.2) is 5.82 Å². The van der Waals surface area contributed by atoms with Crippen molar-refractivity contribution in [1.82, 2.24) is 14.8 Å². The molecular formula is C12H15FN4. The smallest absolute Gasteiger partial charge is 0.166 e. The Balaban J connectivity index is 2.64. The van der Waals surface area contributed by atoms with E-state index in [1.807, 2.05) is 25.3 Å². The highest BCUT2D eigenvalue weighted by atomic mass is 19.1. The van der Waals surface area contributed by atoms with E-state index in [-0.39, 0.29) is 11.9 Å². The molecule has 5 heteroatoms. The molecule has 0 atom stereocenters. The number of hydrogen-bond acceptors (Lipinski definition) is 3. The van der Waals surface area contributed by atoms with Crippen molar-refractivity contribution in [2.45, 2.75) is 26.8 Å². The molecule has 2 aromatic rings. The molecule has 1 aromatic carbocycles. The molecule has 2 N–H and O–H groups in total. The minimum atomic E-state index is -0.329. The minimum absolute atomic E-state index is 0.197. The van der Waals surface area contributed by atoms with Gasteiger partial charge in [-0.15, -0.1) is 10.2 Å². The van der Waals surface area contributed by atoms with Crippen molar-refractivity contribution in [2.24, 2.45) is 0 Å². The summed E-state index contributed by atoms with van der Waals surface area (Å²) in [7, 11) is 0. The number of rotatable bonds is 2. The fraction of sp³-hybridized carbons (Fsp3) is 0.333. The predicted octanol–water partition coefficient (Wildman–Crippen LogP) is 2.56. The molecular weight excluding hydrogens is 219 g/mol. The summed E-state index contributed by atoms with van der Waals surface area (Å²) in [5.74, 6) is 1.07. The third-order valence-corrected chi connectivity index (χ3v) is 2.64. The van der Waals surface area contributed by atoms with Gasteiger partial charge in [-0.3, -0.25) is 0 Å². The lowest BCUT2D eigenvalue weighted by atomic mass is 10.1. The van der Waals surface area contributed by atoms with Crippen molar-refractivity contribution in [1.29, 1.82) is 0 Å². The normalized spacial score (nSPS) is 11.1. The minimum Gasteiger partial charge on any atom is -0.398 e. The molecule has 0 amide bonds. The summed E-state index contributed by atoms with van der Waals surface area (Å²) in [4.78, 5) is 0. The molecule has 0 aliphatic heterocycles. The Morgan fingerprint density at radius 3 is 2.65 bits per heavy atom. The molecule has 0 radical (unpaired) electrons. The van der Waals surface area contributed by atoms with Crippen LogP contribution in [0.3, 0.4) is 0 Å². The van der Waals surface area contributed by atoms with Crippen molar-refractivity contribution in [3.05, 3.63) is 29.8 Å². The van der Waals surface area contributed by atoms with Crippen LogP contribution in [0.1, 0.15) is 25.7 Å². The third kappa shape index (κ3) is 2.00. The topological polar surface area (TPSA) is 56.7 Å². The molecule has 0 unspecified atom stereocenters. The van der Waals surface area contributed by atoms with Crippen LogP contribution >= 0.6 is 0 Å². The Hall–Kier alpha value is -1.91. The van der Waals surface area contributed by atoms with Gasteiger partial charge < -0.3 is 10.3 Å². The highest BCUT2D eigenvalue weighted by molar-refractivity contribution is 5.71. The largest absolute Gasteiger partial charge is 0.398 e. The molecule has 17 heavy (non-hydrogen) atoms. The number of benzene rings is 1.